The molecular formula is C25H26N2O8. The van der Waals surface area contributed by atoms with Gasteiger partial charge >= 0.3 is 0 Å². The number of aliphatic hydroxyl groups excluding tert-OH is 3. The van der Waals surface area contributed by atoms with E-state index in [-0.39, 0.29) is 29.7 Å². The third-order valence-corrected chi connectivity index (χ3v) is 7.02. The van der Waals surface area contributed by atoms with Crippen molar-refractivity contribution in [1.82, 2.24) is 4.90 Å². The summed E-state index contributed by atoms with van der Waals surface area (Å²) in [5.41, 5.74) is 2.38. The number of hydrogen-bond donors (Lipinski definition) is 6. The summed E-state index contributed by atoms with van der Waals surface area (Å²) in [6.45, 7) is 1.48. The molecule has 1 aromatic rings. The van der Waals surface area contributed by atoms with Crippen LogP contribution in [0.5, 0.6) is 5.75 Å². The van der Waals surface area contributed by atoms with Gasteiger partial charge in [-0.3, -0.25) is 19.3 Å². The Morgan fingerprint density at radius 2 is 1.89 bits per heavy atom. The third-order valence-electron chi connectivity index (χ3n) is 7.02. The predicted molar refractivity (Wildman–Crippen MR) is 123 cm³/mol. The lowest BCUT2D eigenvalue weighted by atomic mass is 9.57. The zero-order valence-electron chi connectivity index (χ0n) is 19.4. The number of likely N-dealkylation sites (N-methyl/N-ethyl adjacent to an activating group) is 1. The molecule has 10 heteroatoms. The van der Waals surface area contributed by atoms with Crippen LogP contribution in [0.15, 0.2) is 29.0 Å². The van der Waals surface area contributed by atoms with Crippen LogP contribution in [0.2, 0.25) is 0 Å². The lowest BCUT2D eigenvalue weighted by molar-refractivity contribution is -0.153. The smallest absolute Gasteiger partial charge is 0.255 e. The van der Waals surface area contributed by atoms with E-state index in [0.29, 0.717) is 11.1 Å². The molecular weight excluding hydrogens is 456 g/mol. The van der Waals surface area contributed by atoms with Crippen molar-refractivity contribution < 1.29 is 39.9 Å². The van der Waals surface area contributed by atoms with E-state index in [2.05, 4.69) is 11.8 Å². The molecule has 0 heterocycles. The number of ketones is 2. The molecule has 5 unspecified atom stereocenters. The highest BCUT2D eigenvalue weighted by atomic mass is 16.3. The van der Waals surface area contributed by atoms with Crippen LogP contribution < -0.4 is 5.73 Å². The van der Waals surface area contributed by atoms with Gasteiger partial charge in [-0.2, -0.15) is 0 Å². The maximum Gasteiger partial charge on any atom is 0.255 e. The highest BCUT2D eigenvalue weighted by Gasteiger charge is 2.64. The molecule has 7 N–H and O–H groups in total. The molecule has 1 aromatic carbocycles. The second-order valence-corrected chi connectivity index (χ2v) is 9.39. The summed E-state index contributed by atoms with van der Waals surface area (Å²) in [5, 5.41) is 53.5. The molecule has 1 saturated carbocycles. The number of aliphatic hydroxyl groups is 4. The molecule has 10 nitrogen and oxygen atoms in total. The summed E-state index contributed by atoms with van der Waals surface area (Å²) in [5.74, 6) is -1.62. The van der Waals surface area contributed by atoms with E-state index in [1.54, 1.807) is 0 Å². The first-order valence-electron chi connectivity index (χ1n) is 11.0. The Bertz CT molecular complexity index is 1300. The number of benzene rings is 1. The quantitative estimate of drug-likeness (QED) is 0.243. The molecule has 0 spiro atoms. The van der Waals surface area contributed by atoms with Gasteiger partial charge in [0.25, 0.3) is 5.91 Å². The number of aromatic hydroxyl groups is 1. The van der Waals surface area contributed by atoms with Crippen molar-refractivity contribution in [3.05, 3.63) is 45.7 Å². The molecule has 0 aromatic heterocycles. The summed E-state index contributed by atoms with van der Waals surface area (Å²) < 4.78 is 0. The van der Waals surface area contributed by atoms with Crippen LogP contribution in [0.4, 0.5) is 0 Å². The minimum atomic E-state index is -2.68. The van der Waals surface area contributed by atoms with Crippen molar-refractivity contribution in [2.75, 3.05) is 14.1 Å². The fourth-order valence-corrected chi connectivity index (χ4v) is 5.54. The number of Topliss-reactive ketones (excluding diaryl/α,β-unsaturated/α-hetero) is 2. The normalized spacial score (nSPS) is 28.7. The Kier molecular flexibility index (Phi) is 5.76. The van der Waals surface area contributed by atoms with Crippen LogP contribution in [0.3, 0.4) is 0 Å². The lowest BCUT2D eigenvalue weighted by Crippen LogP contribution is -2.65. The van der Waals surface area contributed by atoms with Gasteiger partial charge < -0.3 is 31.3 Å². The standard InChI is InChI=1S/C25H26N2O8/c1-10(28)4-5-11-6-7-15(29)17-13(11)8-12-9-14-19(27(2)3)21(31)18(24(26)34)23(33)25(14,35)22(32)16(12)20(17)30/h6-7,10,12,14,19,28-30,33,35H,8-9H2,1-3H3,(H2,26,34). The van der Waals surface area contributed by atoms with E-state index in [4.69, 9.17) is 5.73 Å². The summed E-state index contributed by atoms with van der Waals surface area (Å²) in [4.78, 5) is 40.2. The largest absolute Gasteiger partial charge is 0.508 e. The van der Waals surface area contributed by atoms with Gasteiger partial charge in [-0.15, -0.1) is 0 Å². The number of carbonyl (C=O) groups excluding carboxylic acids is 3. The summed E-state index contributed by atoms with van der Waals surface area (Å²) >= 11 is 0. The number of fused-ring (bicyclic) bond motifs is 3. The van der Waals surface area contributed by atoms with Crippen LogP contribution >= 0.6 is 0 Å². The van der Waals surface area contributed by atoms with Crippen molar-refractivity contribution in [1.29, 1.82) is 0 Å². The van der Waals surface area contributed by atoms with Crippen LogP contribution in [-0.2, 0) is 20.8 Å². The molecule has 35 heavy (non-hydrogen) atoms. The second-order valence-electron chi connectivity index (χ2n) is 9.39. The molecule has 5 atom stereocenters. The highest BCUT2D eigenvalue weighted by molar-refractivity contribution is 6.24. The Morgan fingerprint density at radius 1 is 1.23 bits per heavy atom. The van der Waals surface area contributed by atoms with Crippen LogP contribution in [0.1, 0.15) is 30.0 Å². The number of nitrogens with two attached hydrogens (primary N) is 1. The third kappa shape index (κ3) is 3.43. The average Bonchev–Trinajstić information content (AvgIpc) is 2.75. The molecule has 184 valence electrons. The van der Waals surface area contributed by atoms with Gasteiger partial charge in [0.05, 0.1) is 11.6 Å². The van der Waals surface area contributed by atoms with Crippen molar-refractivity contribution in [2.24, 2.45) is 17.6 Å². The molecule has 4 rings (SSSR count). The SMILES string of the molecule is CC(O)C#Cc1ccc(O)c2c1CC1CC3C(N(C)C)C(=O)C(C(N)=O)=C(O)C3(O)C(=O)C1=C2O. The second kappa shape index (κ2) is 8.23. The van der Waals surface area contributed by atoms with Gasteiger partial charge in [0.2, 0.25) is 5.78 Å². The van der Waals surface area contributed by atoms with E-state index in [9.17, 15) is 39.9 Å². The van der Waals surface area contributed by atoms with Gasteiger partial charge in [0.15, 0.2) is 11.4 Å². The van der Waals surface area contributed by atoms with E-state index >= 15 is 0 Å². The topological polar surface area (TPSA) is 182 Å². The monoisotopic (exact) mass is 482 g/mol. The minimum Gasteiger partial charge on any atom is -0.508 e. The summed E-state index contributed by atoms with van der Waals surface area (Å²) in [6, 6.07) is 1.67. The zero-order valence-corrected chi connectivity index (χ0v) is 19.4. The number of phenols is 1. The van der Waals surface area contributed by atoms with Crippen LogP contribution in [0, 0.1) is 23.7 Å². The maximum absolute atomic E-state index is 13.7. The number of hydrogen-bond acceptors (Lipinski definition) is 9. The minimum absolute atomic E-state index is 0.00924. The fourth-order valence-electron chi connectivity index (χ4n) is 5.54. The first-order chi connectivity index (χ1) is 16.3. The Morgan fingerprint density at radius 3 is 2.46 bits per heavy atom. The van der Waals surface area contributed by atoms with Gasteiger partial charge in [0.1, 0.15) is 28.9 Å². The lowest BCUT2D eigenvalue weighted by Gasteiger charge is -2.50. The molecule has 0 radical (unpaired) electrons. The fraction of sp³-hybridized carbons (Fsp3) is 0.400. The average molecular weight is 482 g/mol. The molecule has 3 aliphatic rings. The number of nitrogens with zero attached hydrogens (tertiary/aromatic N) is 1. The van der Waals surface area contributed by atoms with Crippen molar-refractivity contribution >= 4 is 23.2 Å². The molecule has 0 aliphatic heterocycles. The van der Waals surface area contributed by atoms with E-state index in [1.165, 1.54) is 38.1 Å². The summed E-state index contributed by atoms with van der Waals surface area (Å²) in [7, 11) is 3.07. The van der Waals surface area contributed by atoms with Crippen molar-refractivity contribution in [3.63, 3.8) is 0 Å². The number of amides is 1. The van der Waals surface area contributed by atoms with Crippen molar-refractivity contribution in [2.45, 2.75) is 37.5 Å². The van der Waals surface area contributed by atoms with Gasteiger partial charge in [-0.1, -0.05) is 11.8 Å². The van der Waals surface area contributed by atoms with Gasteiger partial charge in [-0.05, 0) is 57.5 Å². The number of carbonyl (C=O) groups is 3. The van der Waals surface area contributed by atoms with E-state index in [1.807, 2.05) is 0 Å². The van der Waals surface area contributed by atoms with Gasteiger partial charge in [0, 0.05) is 17.1 Å². The van der Waals surface area contributed by atoms with Crippen molar-refractivity contribution in [3.8, 4) is 17.6 Å². The number of rotatable bonds is 2. The number of primary amides is 1. The maximum atomic E-state index is 13.7. The molecule has 1 fully saturated rings. The molecule has 3 aliphatic carbocycles. The van der Waals surface area contributed by atoms with Gasteiger partial charge in [-0.25, -0.2) is 0 Å². The Hall–Kier alpha value is -3.65. The number of phenolic OH excluding ortho intramolecular Hbond substituents is 1. The van der Waals surface area contributed by atoms with E-state index < -0.39 is 64.1 Å². The van der Waals surface area contributed by atoms with Crippen LogP contribution in [-0.4, -0.2) is 79.7 Å². The molecule has 1 amide bonds. The van der Waals surface area contributed by atoms with E-state index in [0.717, 1.165) is 0 Å². The first-order valence-corrected chi connectivity index (χ1v) is 11.0. The molecule has 0 saturated heterocycles. The zero-order chi connectivity index (χ0) is 26.0. The highest BCUT2D eigenvalue weighted by Crippen LogP contribution is 2.52. The predicted octanol–water partition coefficient (Wildman–Crippen LogP) is -0.304. The van der Waals surface area contributed by atoms with Crippen LogP contribution in [0.25, 0.3) is 5.76 Å². The Labute approximate surface area is 201 Å². The Balaban J connectivity index is 1.97. The summed E-state index contributed by atoms with van der Waals surface area (Å²) in [6.07, 6.45) is -0.797. The molecule has 0 bridgehead atoms. The first kappa shape index (κ1) is 24.5.